The van der Waals surface area contributed by atoms with Crippen LogP contribution in [-0.2, 0) is 14.8 Å². The van der Waals surface area contributed by atoms with Gasteiger partial charge >= 0.3 is 0 Å². The maximum atomic E-state index is 13.3. The largest absolute Gasteiger partial charge is 0.487 e. The molecule has 0 radical (unpaired) electrons. The summed E-state index contributed by atoms with van der Waals surface area (Å²) in [6.07, 6.45) is -0.273. The van der Waals surface area contributed by atoms with Gasteiger partial charge in [0, 0.05) is 5.69 Å². The molecule has 0 saturated heterocycles. The van der Waals surface area contributed by atoms with E-state index in [9.17, 15) is 13.2 Å². The highest BCUT2D eigenvalue weighted by molar-refractivity contribution is 7.92. The van der Waals surface area contributed by atoms with Crippen LogP contribution in [0.1, 0.15) is 32.3 Å². The molecule has 0 aromatic heterocycles. The number of hydrogen-bond acceptors (Lipinski definition) is 5. The van der Waals surface area contributed by atoms with Crippen LogP contribution in [0.2, 0.25) is 0 Å². The molecule has 0 bridgehead atoms. The maximum absolute atomic E-state index is 13.3. The summed E-state index contributed by atoms with van der Waals surface area (Å²) in [7, 11) is -3.79. The van der Waals surface area contributed by atoms with Crippen molar-refractivity contribution in [2.45, 2.75) is 37.7 Å². The third kappa shape index (κ3) is 5.17. The molecule has 0 spiro atoms. The lowest BCUT2D eigenvalue weighted by Gasteiger charge is -2.34. The first-order chi connectivity index (χ1) is 16.2. The van der Waals surface area contributed by atoms with E-state index in [0.717, 1.165) is 0 Å². The van der Waals surface area contributed by atoms with Crippen LogP contribution in [0.3, 0.4) is 0 Å². The Kier molecular flexibility index (Phi) is 6.79. The molecule has 1 aliphatic rings. The van der Waals surface area contributed by atoms with Gasteiger partial charge in [-0.05, 0) is 66.9 Å². The zero-order chi connectivity index (χ0) is 24.3. The second kappa shape index (κ2) is 9.77. The van der Waals surface area contributed by atoms with Crippen LogP contribution in [0.4, 0.5) is 11.4 Å². The summed E-state index contributed by atoms with van der Waals surface area (Å²) >= 11 is 0. The van der Waals surface area contributed by atoms with Gasteiger partial charge in [0.15, 0.2) is 6.61 Å². The highest BCUT2D eigenvalue weighted by atomic mass is 32.2. The van der Waals surface area contributed by atoms with Crippen molar-refractivity contribution >= 4 is 27.3 Å². The Balaban J connectivity index is 1.40. The summed E-state index contributed by atoms with van der Waals surface area (Å²) in [5, 5.41) is 2.73. The van der Waals surface area contributed by atoms with Crippen molar-refractivity contribution in [2.75, 3.05) is 22.8 Å². The number of nitrogens with one attached hydrogen (secondary N) is 1. The number of anilines is 2. The number of ether oxygens (including phenoxy) is 2. The first-order valence-electron chi connectivity index (χ1n) is 11.1. The van der Waals surface area contributed by atoms with Crippen molar-refractivity contribution in [3.8, 4) is 11.5 Å². The fourth-order valence-electron chi connectivity index (χ4n) is 3.71. The van der Waals surface area contributed by atoms with Gasteiger partial charge in [-0.2, -0.15) is 0 Å². The van der Waals surface area contributed by atoms with E-state index in [2.05, 4.69) is 19.2 Å². The van der Waals surface area contributed by atoms with E-state index >= 15 is 0 Å². The van der Waals surface area contributed by atoms with Crippen molar-refractivity contribution in [1.82, 2.24) is 0 Å². The topological polar surface area (TPSA) is 84.9 Å². The number of para-hydroxylation sites is 2. The smallest absolute Gasteiger partial charge is 0.264 e. The van der Waals surface area contributed by atoms with Gasteiger partial charge in [0.25, 0.3) is 15.9 Å². The number of amides is 1. The molecule has 1 atom stereocenters. The van der Waals surface area contributed by atoms with Crippen LogP contribution < -0.4 is 19.1 Å². The minimum Gasteiger partial charge on any atom is -0.487 e. The zero-order valence-corrected chi connectivity index (χ0v) is 20.2. The molecule has 0 unspecified atom stereocenters. The minimum atomic E-state index is -3.79. The molecule has 0 fully saturated rings. The van der Waals surface area contributed by atoms with Crippen molar-refractivity contribution in [3.63, 3.8) is 0 Å². The Morgan fingerprint density at radius 3 is 2.41 bits per heavy atom. The number of fused-ring (bicyclic) bond motifs is 1. The van der Waals surface area contributed by atoms with Crippen molar-refractivity contribution in [1.29, 1.82) is 0 Å². The van der Waals surface area contributed by atoms with E-state index in [1.807, 2.05) is 37.3 Å². The molecule has 3 aromatic carbocycles. The summed E-state index contributed by atoms with van der Waals surface area (Å²) in [6, 6.07) is 20.8. The van der Waals surface area contributed by atoms with Crippen LogP contribution in [0.5, 0.6) is 11.5 Å². The Morgan fingerprint density at radius 2 is 1.74 bits per heavy atom. The molecule has 34 heavy (non-hydrogen) atoms. The van der Waals surface area contributed by atoms with Crippen LogP contribution in [0.25, 0.3) is 0 Å². The van der Waals surface area contributed by atoms with Gasteiger partial charge in [-0.1, -0.05) is 38.1 Å². The van der Waals surface area contributed by atoms with E-state index in [0.29, 0.717) is 28.8 Å². The van der Waals surface area contributed by atoms with Crippen LogP contribution in [0.15, 0.2) is 77.7 Å². The van der Waals surface area contributed by atoms with Gasteiger partial charge < -0.3 is 14.8 Å². The highest BCUT2D eigenvalue weighted by Gasteiger charge is 2.32. The molecule has 0 saturated carbocycles. The lowest BCUT2D eigenvalue weighted by atomic mass is 10.0. The van der Waals surface area contributed by atoms with E-state index in [-0.39, 0.29) is 30.1 Å². The van der Waals surface area contributed by atoms with Gasteiger partial charge in [-0.15, -0.1) is 0 Å². The van der Waals surface area contributed by atoms with E-state index in [4.69, 9.17) is 9.47 Å². The minimum absolute atomic E-state index is 0.135. The predicted molar refractivity (Wildman–Crippen MR) is 132 cm³/mol. The number of carbonyl (C=O) groups is 1. The van der Waals surface area contributed by atoms with Gasteiger partial charge in [0.1, 0.15) is 17.6 Å². The van der Waals surface area contributed by atoms with Crippen molar-refractivity contribution < 1.29 is 22.7 Å². The molecule has 0 aliphatic carbocycles. The lowest BCUT2D eigenvalue weighted by Crippen LogP contribution is -2.42. The molecule has 3 aromatic rings. The first-order valence-corrected chi connectivity index (χ1v) is 12.6. The van der Waals surface area contributed by atoms with Gasteiger partial charge in [-0.25, -0.2) is 8.42 Å². The Bertz CT molecular complexity index is 1260. The highest BCUT2D eigenvalue weighted by Crippen LogP contribution is 2.36. The number of carbonyl (C=O) groups excluding carboxylic acids is 1. The summed E-state index contributed by atoms with van der Waals surface area (Å²) in [6.45, 7) is 6.12. The molecule has 1 amide bonds. The standard InChI is InChI=1S/C26H28N2O5S/c1-18(2)20-8-12-22(13-9-20)32-17-26(29)27-21-10-14-23(15-11-21)34(30,31)28-16-19(3)33-25-7-5-4-6-24(25)28/h4-15,18-19H,16-17H2,1-3H3,(H,27,29)/t19-/m0/s1. The second-order valence-electron chi connectivity index (χ2n) is 8.52. The van der Waals surface area contributed by atoms with E-state index < -0.39 is 10.0 Å². The number of nitrogens with zero attached hydrogens (tertiary/aromatic N) is 1. The Labute approximate surface area is 200 Å². The maximum Gasteiger partial charge on any atom is 0.264 e. The summed E-state index contributed by atoms with van der Waals surface area (Å²) in [5.74, 6) is 1.23. The number of hydrogen-bond donors (Lipinski definition) is 1. The summed E-state index contributed by atoms with van der Waals surface area (Å²) in [5.41, 5.74) is 2.19. The normalized spacial score (nSPS) is 15.4. The average molecular weight is 481 g/mol. The van der Waals surface area contributed by atoms with Crippen molar-refractivity contribution in [2.24, 2.45) is 0 Å². The quantitative estimate of drug-likeness (QED) is 0.525. The fourth-order valence-corrected chi connectivity index (χ4v) is 5.26. The molecule has 178 valence electrons. The third-order valence-electron chi connectivity index (χ3n) is 5.53. The Morgan fingerprint density at radius 1 is 1.06 bits per heavy atom. The van der Waals surface area contributed by atoms with Gasteiger partial charge in [-0.3, -0.25) is 9.10 Å². The van der Waals surface area contributed by atoms with Crippen LogP contribution in [0, 0.1) is 0 Å². The van der Waals surface area contributed by atoms with Crippen molar-refractivity contribution in [3.05, 3.63) is 78.4 Å². The molecular weight excluding hydrogens is 452 g/mol. The summed E-state index contributed by atoms with van der Waals surface area (Å²) in [4.78, 5) is 12.4. The number of rotatable bonds is 7. The van der Waals surface area contributed by atoms with Gasteiger partial charge in [0.2, 0.25) is 0 Å². The monoisotopic (exact) mass is 480 g/mol. The van der Waals surface area contributed by atoms with Crippen LogP contribution >= 0.6 is 0 Å². The molecular formula is C26H28N2O5S. The van der Waals surface area contributed by atoms with E-state index in [1.165, 1.54) is 22.0 Å². The molecule has 7 nitrogen and oxygen atoms in total. The molecule has 1 N–H and O–H groups in total. The average Bonchev–Trinajstić information content (AvgIpc) is 2.82. The Hall–Kier alpha value is -3.52. The first kappa shape index (κ1) is 23.6. The zero-order valence-electron chi connectivity index (χ0n) is 19.4. The third-order valence-corrected chi connectivity index (χ3v) is 7.32. The molecule has 4 rings (SSSR count). The lowest BCUT2D eigenvalue weighted by molar-refractivity contribution is -0.118. The van der Waals surface area contributed by atoms with E-state index in [1.54, 1.807) is 30.3 Å². The summed E-state index contributed by atoms with van der Waals surface area (Å²) < 4.78 is 39.3. The molecule has 8 heteroatoms. The fraction of sp³-hybridized carbons (Fsp3) is 0.269. The SMILES string of the molecule is CC(C)c1ccc(OCC(=O)Nc2ccc(S(=O)(=O)N3C[C@H](C)Oc4ccccc43)cc2)cc1. The predicted octanol–water partition coefficient (Wildman–Crippen LogP) is 4.80. The molecule has 1 aliphatic heterocycles. The number of benzene rings is 3. The van der Waals surface area contributed by atoms with Crippen LogP contribution in [-0.4, -0.2) is 33.6 Å². The van der Waals surface area contributed by atoms with Gasteiger partial charge in [0.05, 0.1) is 17.1 Å². The number of sulfonamides is 1. The second-order valence-corrected chi connectivity index (χ2v) is 10.4. The molecule has 1 heterocycles.